The van der Waals surface area contributed by atoms with Gasteiger partial charge in [0.1, 0.15) is 5.92 Å². The topological polar surface area (TPSA) is 94.6 Å². The molecule has 2 fully saturated rings. The molecule has 0 aliphatic heterocycles. The van der Waals surface area contributed by atoms with Gasteiger partial charge in [-0.1, -0.05) is 11.6 Å². The van der Waals surface area contributed by atoms with Crippen molar-refractivity contribution in [2.24, 2.45) is 5.92 Å². The van der Waals surface area contributed by atoms with Gasteiger partial charge in [0.15, 0.2) is 27.2 Å². The third-order valence-corrected chi connectivity index (χ3v) is 6.75. The minimum absolute atomic E-state index is 0.00937. The van der Waals surface area contributed by atoms with Gasteiger partial charge in [0, 0.05) is 30.2 Å². The number of benzene rings is 1. The number of ether oxygens (including phenoxy) is 1. The molecule has 146 valence electrons. The Kier molecular flexibility index (Phi) is 5.84. The van der Waals surface area contributed by atoms with Crippen LogP contribution in [0.3, 0.4) is 0 Å². The molecular weight excluding hydrogens is 392 g/mol. The summed E-state index contributed by atoms with van der Waals surface area (Å²) in [5, 5.41) is -0.0616. The number of rotatable bonds is 6. The molecule has 0 bridgehead atoms. The summed E-state index contributed by atoms with van der Waals surface area (Å²) < 4.78 is 29.9. The first kappa shape index (κ1) is 20.2. The second-order valence-corrected chi connectivity index (χ2v) is 9.49. The van der Waals surface area contributed by atoms with Crippen LogP contribution in [0.5, 0.6) is 0 Å². The minimum Gasteiger partial charge on any atom is -0.373 e. The summed E-state index contributed by atoms with van der Waals surface area (Å²) >= 11 is 6.39. The van der Waals surface area contributed by atoms with Crippen LogP contribution in [0, 0.1) is 5.92 Å². The molecule has 0 atom stereocenters. The molecule has 0 amide bonds. The van der Waals surface area contributed by atoms with Crippen molar-refractivity contribution in [3.05, 3.63) is 28.3 Å². The number of carbonyl (C=O) groups excluding carboxylic acids is 3. The fourth-order valence-corrected chi connectivity index (χ4v) is 4.66. The van der Waals surface area contributed by atoms with Crippen molar-refractivity contribution < 1.29 is 27.5 Å². The standard InChI is InChI=1S/C19H21ClO6S/c1-27(24,25)16-9-8-12(18(20)13(16)10-26-11-4-2-5-11)19(23)17-14(21)6-3-7-15(17)22/h8-9,11,17H,2-7,10H2,1H3. The molecule has 27 heavy (non-hydrogen) atoms. The normalized spacial score (nSPS) is 19.2. The maximum atomic E-state index is 12.8. The molecule has 8 heteroatoms. The average molecular weight is 413 g/mol. The van der Waals surface area contributed by atoms with E-state index in [0.717, 1.165) is 25.5 Å². The number of halogens is 1. The van der Waals surface area contributed by atoms with Gasteiger partial charge in [0.05, 0.1) is 22.6 Å². The maximum Gasteiger partial charge on any atom is 0.182 e. The number of hydrogen-bond donors (Lipinski definition) is 0. The fourth-order valence-electron chi connectivity index (χ4n) is 3.37. The lowest BCUT2D eigenvalue weighted by molar-refractivity contribution is -0.133. The van der Waals surface area contributed by atoms with Crippen LogP contribution >= 0.6 is 11.6 Å². The van der Waals surface area contributed by atoms with Crippen LogP contribution in [0.2, 0.25) is 5.02 Å². The highest BCUT2D eigenvalue weighted by atomic mass is 35.5. The molecule has 0 N–H and O–H groups in total. The molecule has 6 nitrogen and oxygen atoms in total. The lowest BCUT2D eigenvalue weighted by Gasteiger charge is -2.26. The van der Waals surface area contributed by atoms with E-state index in [9.17, 15) is 22.8 Å². The summed E-state index contributed by atoms with van der Waals surface area (Å²) in [4.78, 5) is 37.0. The second-order valence-electron chi connectivity index (χ2n) is 7.12. The van der Waals surface area contributed by atoms with E-state index >= 15 is 0 Å². The molecule has 2 saturated carbocycles. The summed E-state index contributed by atoms with van der Waals surface area (Å²) in [6.45, 7) is -0.0421. The Morgan fingerprint density at radius 2 is 1.78 bits per heavy atom. The first-order chi connectivity index (χ1) is 12.7. The molecule has 0 aromatic heterocycles. The minimum atomic E-state index is -3.59. The van der Waals surface area contributed by atoms with Gasteiger partial charge in [0.25, 0.3) is 0 Å². The SMILES string of the molecule is CS(=O)(=O)c1ccc(C(=O)C2C(=O)CCCC2=O)c(Cl)c1COC1CCC1. The highest BCUT2D eigenvalue weighted by Crippen LogP contribution is 2.33. The van der Waals surface area contributed by atoms with Gasteiger partial charge in [-0.25, -0.2) is 8.42 Å². The zero-order chi connectivity index (χ0) is 19.8. The highest BCUT2D eigenvalue weighted by molar-refractivity contribution is 7.90. The molecule has 0 unspecified atom stereocenters. The zero-order valence-electron chi connectivity index (χ0n) is 15.0. The summed E-state index contributed by atoms with van der Waals surface area (Å²) in [6, 6.07) is 2.58. The quantitative estimate of drug-likeness (QED) is 0.526. The summed E-state index contributed by atoms with van der Waals surface area (Å²) in [7, 11) is -3.59. The van der Waals surface area contributed by atoms with E-state index in [0.29, 0.717) is 6.42 Å². The van der Waals surface area contributed by atoms with Crippen LogP contribution in [0.1, 0.15) is 54.4 Å². The molecule has 2 aliphatic carbocycles. The van der Waals surface area contributed by atoms with Crippen LogP contribution < -0.4 is 0 Å². The highest BCUT2D eigenvalue weighted by Gasteiger charge is 2.38. The molecule has 3 rings (SSSR count). The third-order valence-electron chi connectivity index (χ3n) is 5.13. The number of carbonyl (C=O) groups is 3. The van der Waals surface area contributed by atoms with Crippen LogP contribution in [0.25, 0.3) is 0 Å². The molecule has 0 saturated heterocycles. The van der Waals surface area contributed by atoms with E-state index in [1.165, 1.54) is 12.1 Å². The van der Waals surface area contributed by atoms with E-state index in [4.69, 9.17) is 16.3 Å². The summed E-state index contributed by atoms with van der Waals surface area (Å²) in [6.07, 6.45) is 4.77. The van der Waals surface area contributed by atoms with E-state index < -0.39 is 33.1 Å². The van der Waals surface area contributed by atoms with Gasteiger partial charge in [0.2, 0.25) is 0 Å². The van der Waals surface area contributed by atoms with Gasteiger partial charge in [-0.3, -0.25) is 14.4 Å². The van der Waals surface area contributed by atoms with Crippen molar-refractivity contribution in [2.75, 3.05) is 6.26 Å². The first-order valence-corrected chi connectivity index (χ1v) is 11.2. The number of ketones is 3. The summed E-state index contributed by atoms with van der Waals surface area (Å²) in [5.74, 6) is -2.83. The Bertz CT molecular complexity index is 885. The number of Topliss-reactive ketones (excluding diaryl/α,β-unsaturated/α-hetero) is 3. The predicted molar refractivity (Wildman–Crippen MR) is 98.7 cm³/mol. The zero-order valence-corrected chi connectivity index (χ0v) is 16.6. The van der Waals surface area contributed by atoms with Gasteiger partial charge in [-0.2, -0.15) is 0 Å². The van der Waals surface area contributed by atoms with Crippen molar-refractivity contribution in [3.8, 4) is 0 Å². The Morgan fingerprint density at radius 3 is 2.30 bits per heavy atom. The van der Waals surface area contributed by atoms with Crippen molar-refractivity contribution in [1.82, 2.24) is 0 Å². The Hall–Kier alpha value is -1.57. The van der Waals surface area contributed by atoms with Crippen molar-refractivity contribution in [1.29, 1.82) is 0 Å². The molecule has 1 aromatic carbocycles. The lowest BCUT2D eigenvalue weighted by atomic mass is 9.81. The Labute approximate surface area is 163 Å². The maximum absolute atomic E-state index is 12.8. The summed E-state index contributed by atoms with van der Waals surface area (Å²) in [5.41, 5.74) is 0.192. The number of sulfone groups is 1. The monoisotopic (exact) mass is 412 g/mol. The van der Waals surface area contributed by atoms with Crippen LogP contribution in [0.15, 0.2) is 17.0 Å². The molecular formula is C19H21ClO6S. The molecule has 1 aromatic rings. The predicted octanol–water partition coefficient (Wildman–Crippen LogP) is 2.93. The third kappa shape index (κ3) is 4.15. The van der Waals surface area contributed by atoms with Crippen molar-refractivity contribution in [2.45, 2.75) is 56.1 Å². The van der Waals surface area contributed by atoms with E-state index in [1.54, 1.807) is 0 Å². The van der Waals surface area contributed by atoms with Gasteiger partial charge in [-0.15, -0.1) is 0 Å². The van der Waals surface area contributed by atoms with Crippen LogP contribution in [-0.4, -0.2) is 38.1 Å². The fraction of sp³-hybridized carbons (Fsp3) is 0.526. The lowest BCUT2D eigenvalue weighted by Crippen LogP contribution is -2.35. The van der Waals surface area contributed by atoms with E-state index in [2.05, 4.69) is 0 Å². The molecule has 0 spiro atoms. The van der Waals surface area contributed by atoms with E-state index in [-0.39, 0.29) is 46.6 Å². The van der Waals surface area contributed by atoms with E-state index in [1.807, 2.05) is 0 Å². The van der Waals surface area contributed by atoms with Gasteiger partial charge >= 0.3 is 0 Å². The molecule has 0 radical (unpaired) electrons. The van der Waals surface area contributed by atoms with Crippen LogP contribution in [0.4, 0.5) is 0 Å². The Balaban J connectivity index is 1.99. The average Bonchev–Trinajstić information content (AvgIpc) is 2.53. The smallest absolute Gasteiger partial charge is 0.182 e. The van der Waals surface area contributed by atoms with Crippen molar-refractivity contribution in [3.63, 3.8) is 0 Å². The van der Waals surface area contributed by atoms with Gasteiger partial charge in [-0.05, 0) is 37.8 Å². The molecule has 2 aliphatic rings. The van der Waals surface area contributed by atoms with Crippen molar-refractivity contribution >= 4 is 38.8 Å². The van der Waals surface area contributed by atoms with Crippen LogP contribution in [-0.2, 0) is 30.8 Å². The number of hydrogen-bond acceptors (Lipinski definition) is 6. The first-order valence-electron chi connectivity index (χ1n) is 8.93. The van der Waals surface area contributed by atoms with Gasteiger partial charge < -0.3 is 4.74 Å². The molecule has 0 heterocycles. The Morgan fingerprint density at radius 1 is 1.15 bits per heavy atom. The largest absolute Gasteiger partial charge is 0.373 e. The second kappa shape index (κ2) is 7.81.